The SMILES string of the molecule is O=C(c1c[nH]c2ccccc12)N1CCC(Cn2cnc3ccccc32)CC1. The van der Waals surface area contributed by atoms with E-state index in [2.05, 4.69) is 26.7 Å². The van der Waals surface area contributed by atoms with Gasteiger partial charge in [0.25, 0.3) is 5.91 Å². The van der Waals surface area contributed by atoms with Crippen LogP contribution in [0.15, 0.2) is 61.1 Å². The molecule has 0 bridgehead atoms. The normalized spacial score (nSPS) is 15.6. The number of aromatic nitrogens is 3. The van der Waals surface area contributed by atoms with Gasteiger partial charge in [-0.3, -0.25) is 4.79 Å². The van der Waals surface area contributed by atoms with E-state index in [0.29, 0.717) is 5.92 Å². The fourth-order valence-electron chi connectivity index (χ4n) is 4.17. The van der Waals surface area contributed by atoms with Crippen molar-refractivity contribution in [1.29, 1.82) is 0 Å². The number of fused-ring (bicyclic) bond motifs is 2. The van der Waals surface area contributed by atoms with Gasteiger partial charge in [-0.25, -0.2) is 4.98 Å². The largest absolute Gasteiger partial charge is 0.360 e. The number of H-pyrrole nitrogens is 1. The topological polar surface area (TPSA) is 53.9 Å². The maximum atomic E-state index is 13.0. The Hall–Kier alpha value is -3.08. The number of imidazole rings is 1. The number of para-hydroxylation sites is 3. The smallest absolute Gasteiger partial charge is 0.256 e. The number of carbonyl (C=O) groups is 1. The fourth-order valence-corrected chi connectivity index (χ4v) is 4.17. The van der Waals surface area contributed by atoms with Crippen molar-refractivity contribution in [2.45, 2.75) is 19.4 Å². The van der Waals surface area contributed by atoms with Crippen LogP contribution >= 0.6 is 0 Å². The maximum absolute atomic E-state index is 13.0. The lowest BCUT2D eigenvalue weighted by Crippen LogP contribution is -2.39. The molecule has 1 N–H and O–H groups in total. The van der Waals surface area contributed by atoms with Crippen molar-refractivity contribution in [2.24, 2.45) is 5.92 Å². The minimum Gasteiger partial charge on any atom is -0.360 e. The summed E-state index contributed by atoms with van der Waals surface area (Å²) in [5, 5.41) is 1.01. The summed E-state index contributed by atoms with van der Waals surface area (Å²) in [4.78, 5) is 22.7. The number of aromatic amines is 1. The highest BCUT2D eigenvalue weighted by Gasteiger charge is 2.25. The first-order valence-corrected chi connectivity index (χ1v) is 9.55. The standard InChI is InChI=1S/C22H22N4O/c27-22(18-13-23-19-6-2-1-5-17(18)19)25-11-9-16(10-12-25)14-26-15-24-20-7-3-4-8-21(20)26/h1-8,13,15-16,23H,9-12,14H2. The highest BCUT2D eigenvalue weighted by molar-refractivity contribution is 6.06. The third-order valence-electron chi connectivity index (χ3n) is 5.70. The number of nitrogens with one attached hydrogen (secondary N) is 1. The van der Waals surface area contributed by atoms with E-state index in [1.54, 1.807) is 0 Å². The van der Waals surface area contributed by atoms with Gasteiger partial charge in [0.05, 0.1) is 22.9 Å². The number of amides is 1. The predicted molar refractivity (Wildman–Crippen MR) is 107 cm³/mol. The molecule has 5 heteroatoms. The Morgan fingerprint density at radius 1 is 1.07 bits per heavy atom. The number of likely N-dealkylation sites (tertiary alicyclic amines) is 1. The summed E-state index contributed by atoms with van der Waals surface area (Å²) in [5.41, 5.74) is 4.03. The van der Waals surface area contributed by atoms with Gasteiger partial charge < -0.3 is 14.5 Å². The van der Waals surface area contributed by atoms with Crippen LogP contribution in [0.2, 0.25) is 0 Å². The summed E-state index contributed by atoms with van der Waals surface area (Å²) >= 11 is 0. The Balaban J connectivity index is 1.27. The third kappa shape index (κ3) is 2.89. The Morgan fingerprint density at radius 2 is 1.85 bits per heavy atom. The quantitative estimate of drug-likeness (QED) is 0.600. The van der Waals surface area contributed by atoms with Crippen molar-refractivity contribution in [1.82, 2.24) is 19.4 Å². The molecular formula is C22H22N4O. The van der Waals surface area contributed by atoms with Gasteiger partial charge in [0.1, 0.15) is 0 Å². The second-order valence-electron chi connectivity index (χ2n) is 7.37. The highest BCUT2D eigenvalue weighted by atomic mass is 16.2. The molecule has 0 unspecified atom stereocenters. The lowest BCUT2D eigenvalue weighted by atomic mass is 9.96. The fraction of sp³-hybridized carbons (Fsp3) is 0.273. The molecule has 1 fully saturated rings. The van der Waals surface area contributed by atoms with Crippen LogP contribution in [0.1, 0.15) is 23.2 Å². The Morgan fingerprint density at radius 3 is 2.74 bits per heavy atom. The van der Waals surface area contributed by atoms with Crippen molar-refractivity contribution in [3.8, 4) is 0 Å². The molecule has 4 aromatic rings. The number of nitrogens with zero attached hydrogens (tertiary/aromatic N) is 3. The van der Waals surface area contributed by atoms with Crippen molar-refractivity contribution in [3.05, 3.63) is 66.6 Å². The molecule has 0 saturated carbocycles. The first-order chi connectivity index (χ1) is 13.3. The summed E-state index contributed by atoms with van der Waals surface area (Å²) in [6.45, 7) is 2.60. The molecule has 1 aliphatic rings. The predicted octanol–water partition coefficient (Wildman–Crippen LogP) is 4.07. The van der Waals surface area contributed by atoms with Gasteiger partial charge in [0.15, 0.2) is 0 Å². The number of carbonyl (C=O) groups excluding carboxylic acids is 1. The summed E-state index contributed by atoms with van der Waals surface area (Å²) in [5.74, 6) is 0.716. The number of rotatable bonds is 3. The van der Waals surface area contributed by atoms with E-state index in [0.717, 1.165) is 54.5 Å². The lowest BCUT2D eigenvalue weighted by Gasteiger charge is -2.32. The van der Waals surface area contributed by atoms with Gasteiger partial charge in [0, 0.05) is 36.7 Å². The van der Waals surface area contributed by atoms with Crippen molar-refractivity contribution >= 4 is 27.8 Å². The summed E-state index contributed by atoms with van der Waals surface area (Å²) < 4.78 is 2.25. The van der Waals surface area contributed by atoms with Crippen LogP contribution < -0.4 is 0 Å². The molecule has 1 aliphatic heterocycles. The zero-order valence-electron chi connectivity index (χ0n) is 15.1. The van der Waals surface area contributed by atoms with Gasteiger partial charge in [-0.1, -0.05) is 30.3 Å². The zero-order chi connectivity index (χ0) is 18.2. The molecule has 1 saturated heterocycles. The average Bonchev–Trinajstić information content (AvgIpc) is 3.33. The van der Waals surface area contributed by atoms with Crippen molar-refractivity contribution in [2.75, 3.05) is 13.1 Å². The molecule has 0 spiro atoms. The lowest BCUT2D eigenvalue weighted by molar-refractivity contribution is 0.0685. The molecule has 27 heavy (non-hydrogen) atoms. The van der Waals surface area contributed by atoms with Crippen LogP contribution in [-0.2, 0) is 6.54 Å². The third-order valence-corrected chi connectivity index (χ3v) is 5.70. The Kier molecular flexibility index (Phi) is 3.93. The van der Waals surface area contributed by atoms with E-state index < -0.39 is 0 Å². The molecule has 0 aliphatic carbocycles. The van der Waals surface area contributed by atoms with Crippen LogP contribution in [-0.4, -0.2) is 38.4 Å². The number of hydrogen-bond donors (Lipinski definition) is 1. The molecule has 1 amide bonds. The van der Waals surface area contributed by atoms with Crippen LogP contribution in [0.25, 0.3) is 21.9 Å². The van der Waals surface area contributed by atoms with Gasteiger partial charge >= 0.3 is 0 Å². The summed E-state index contributed by atoms with van der Waals surface area (Å²) in [7, 11) is 0. The van der Waals surface area contributed by atoms with Crippen molar-refractivity contribution in [3.63, 3.8) is 0 Å². The number of hydrogen-bond acceptors (Lipinski definition) is 2. The van der Waals surface area contributed by atoms with Crippen LogP contribution in [0.3, 0.4) is 0 Å². The minimum atomic E-state index is 0.138. The van der Waals surface area contributed by atoms with Crippen LogP contribution in [0.4, 0.5) is 0 Å². The minimum absolute atomic E-state index is 0.138. The van der Waals surface area contributed by atoms with E-state index in [1.165, 1.54) is 5.52 Å². The summed E-state index contributed by atoms with van der Waals surface area (Å²) in [6, 6.07) is 16.2. The molecule has 2 aromatic carbocycles. The van der Waals surface area contributed by atoms with Crippen LogP contribution in [0.5, 0.6) is 0 Å². The maximum Gasteiger partial charge on any atom is 0.256 e. The van der Waals surface area contributed by atoms with Gasteiger partial charge in [-0.05, 0) is 37.0 Å². The van der Waals surface area contributed by atoms with Gasteiger partial charge in [-0.2, -0.15) is 0 Å². The molecule has 136 valence electrons. The zero-order valence-corrected chi connectivity index (χ0v) is 15.1. The first kappa shape index (κ1) is 16.1. The van der Waals surface area contributed by atoms with E-state index >= 15 is 0 Å². The molecule has 3 heterocycles. The highest BCUT2D eigenvalue weighted by Crippen LogP contribution is 2.25. The Bertz CT molecular complexity index is 1100. The van der Waals surface area contributed by atoms with Gasteiger partial charge in [0.2, 0.25) is 0 Å². The van der Waals surface area contributed by atoms with E-state index in [9.17, 15) is 4.79 Å². The Labute approximate surface area is 157 Å². The molecule has 2 aromatic heterocycles. The molecule has 0 radical (unpaired) electrons. The summed E-state index contributed by atoms with van der Waals surface area (Å²) in [6.07, 6.45) is 5.84. The van der Waals surface area contributed by atoms with E-state index in [-0.39, 0.29) is 5.91 Å². The average molecular weight is 358 g/mol. The number of piperidine rings is 1. The van der Waals surface area contributed by atoms with Crippen molar-refractivity contribution < 1.29 is 4.79 Å². The van der Waals surface area contributed by atoms with Gasteiger partial charge in [-0.15, -0.1) is 0 Å². The molecular weight excluding hydrogens is 336 g/mol. The van der Waals surface area contributed by atoms with E-state index in [1.807, 2.05) is 53.8 Å². The monoisotopic (exact) mass is 358 g/mol. The molecule has 5 rings (SSSR count). The number of benzene rings is 2. The van der Waals surface area contributed by atoms with Crippen LogP contribution in [0, 0.1) is 5.92 Å². The second-order valence-corrected chi connectivity index (χ2v) is 7.37. The molecule has 5 nitrogen and oxygen atoms in total. The van der Waals surface area contributed by atoms with E-state index in [4.69, 9.17) is 0 Å². The second kappa shape index (κ2) is 6.58. The molecule has 0 atom stereocenters. The first-order valence-electron chi connectivity index (χ1n) is 9.55.